The Labute approximate surface area is 68.7 Å². The maximum atomic E-state index is 3.93. The highest BCUT2D eigenvalue weighted by Gasteiger charge is 2.01. The summed E-state index contributed by atoms with van der Waals surface area (Å²) in [7, 11) is 0. The Bertz CT molecular complexity index is 180. The lowest BCUT2D eigenvalue weighted by Gasteiger charge is -2.04. The van der Waals surface area contributed by atoms with Gasteiger partial charge in [0, 0.05) is 0 Å². The third-order valence-electron chi connectivity index (χ3n) is 1.53. The van der Waals surface area contributed by atoms with E-state index in [2.05, 4.69) is 37.2 Å². The molecule has 0 N–H and O–H groups in total. The van der Waals surface area contributed by atoms with Crippen molar-refractivity contribution in [3.63, 3.8) is 0 Å². The summed E-state index contributed by atoms with van der Waals surface area (Å²) in [6.45, 7) is 13.4. The van der Waals surface area contributed by atoms with Crippen molar-refractivity contribution in [1.82, 2.24) is 0 Å². The third-order valence-corrected chi connectivity index (χ3v) is 1.53. The van der Waals surface area contributed by atoms with Crippen molar-refractivity contribution in [3.05, 3.63) is 24.6 Å². The lowest BCUT2D eigenvalue weighted by atomic mass is 10.1. The van der Waals surface area contributed by atoms with Gasteiger partial charge in [-0.2, -0.15) is 10.2 Å². The predicted molar refractivity (Wildman–Crippen MR) is 48.3 cm³/mol. The molecule has 0 aliphatic rings. The van der Waals surface area contributed by atoms with Crippen LogP contribution in [0.1, 0.15) is 27.2 Å². The van der Waals surface area contributed by atoms with Gasteiger partial charge in [0.2, 0.25) is 0 Å². The van der Waals surface area contributed by atoms with Crippen LogP contribution in [0.4, 0.5) is 0 Å². The smallest absolute Gasteiger partial charge is 0.0587 e. The second-order valence-electron chi connectivity index (χ2n) is 2.74. The van der Waals surface area contributed by atoms with Crippen LogP contribution >= 0.6 is 0 Å². The third kappa shape index (κ3) is 4.48. The van der Waals surface area contributed by atoms with E-state index in [1.807, 2.05) is 6.92 Å². The minimum absolute atomic E-state index is 0.415. The number of hydrogen-bond donors (Lipinski definition) is 0. The molecule has 62 valence electrons. The molecule has 0 aromatic heterocycles. The van der Waals surface area contributed by atoms with Crippen LogP contribution in [0.2, 0.25) is 0 Å². The van der Waals surface area contributed by atoms with Crippen LogP contribution in [0.15, 0.2) is 34.8 Å². The Morgan fingerprint density at radius 3 is 2.27 bits per heavy atom. The maximum absolute atomic E-state index is 3.93. The van der Waals surface area contributed by atoms with Crippen LogP contribution in [0, 0.1) is 5.92 Å². The molecule has 1 unspecified atom stereocenters. The first-order valence-electron chi connectivity index (χ1n) is 3.84. The molecule has 2 nitrogen and oxygen atoms in total. The first-order valence-corrected chi connectivity index (χ1v) is 3.84. The Kier molecular flexibility index (Phi) is 4.42. The van der Waals surface area contributed by atoms with E-state index in [0.29, 0.717) is 5.92 Å². The fraction of sp³-hybridized carbons (Fsp3) is 0.556. The van der Waals surface area contributed by atoms with Crippen LogP contribution in [0.25, 0.3) is 0 Å². The molecular formula is C9H16N2. The van der Waals surface area contributed by atoms with E-state index in [0.717, 1.165) is 17.8 Å². The van der Waals surface area contributed by atoms with E-state index < -0.39 is 0 Å². The quantitative estimate of drug-likeness (QED) is 0.550. The minimum Gasteiger partial charge on any atom is -0.156 e. The molecule has 0 saturated carbocycles. The standard InChI is InChI=1S/C9H16N2/c1-6-8(4)9(5)11-10-7(2)3/h8H,2,5-6H2,1,3-4H3. The molecule has 0 spiro atoms. The van der Waals surface area contributed by atoms with Gasteiger partial charge in [0.15, 0.2) is 0 Å². The molecule has 0 aliphatic heterocycles. The fourth-order valence-corrected chi connectivity index (χ4v) is 0.484. The van der Waals surface area contributed by atoms with E-state index in [9.17, 15) is 0 Å². The summed E-state index contributed by atoms with van der Waals surface area (Å²) in [5, 5.41) is 7.75. The SMILES string of the molecule is C=C(C)N=NC(=C)C(C)CC. The minimum atomic E-state index is 0.415. The zero-order valence-corrected chi connectivity index (χ0v) is 7.59. The molecule has 1 atom stereocenters. The van der Waals surface area contributed by atoms with Crippen LogP contribution in [-0.2, 0) is 0 Å². The van der Waals surface area contributed by atoms with Gasteiger partial charge in [-0.15, -0.1) is 0 Å². The van der Waals surface area contributed by atoms with E-state index in [1.54, 1.807) is 0 Å². The molecule has 0 amide bonds. The highest BCUT2D eigenvalue weighted by Crippen LogP contribution is 2.13. The van der Waals surface area contributed by atoms with Gasteiger partial charge in [-0.3, -0.25) is 0 Å². The molecule has 0 bridgehead atoms. The Morgan fingerprint density at radius 1 is 1.36 bits per heavy atom. The monoisotopic (exact) mass is 152 g/mol. The molecule has 0 fully saturated rings. The van der Waals surface area contributed by atoms with Gasteiger partial charge in [0.25, 0.3) is 0 Å². The lowest BCUT2D eigenvalue weighted by Crippen LogP contribution is -1.92. The highest BCUT2D eigenvalue weighted by atomic mass is 15.1. The molecular weight excluding hydrogens is 136 g/mol. The van der Waals surface area contributed by atoms with Gasteiger partial charge in [-0.05, 0) is 19.3 Å². The van der Waals surface area contributed by atoms with Gasteiger partial charge >= 0.3 is 0 Å². The molecule has 0 heterocycles. The molecule has 0 aliphatic carbocycles. The molecule has 0 aromatic rings. The van der Waals surface area contributed by atoms with Gasteiger partial charge < -0.3 is 0 Å². The molecule has 0 aromatic carbocycles. The van der Waals surface area contributed by atoms with Crippen molar-refractivity contribution in [1.29, 1.82) is 0 Å². The van der Waals surface area contributed by atoms with E-state index in [-0.39, 0.29) is 0 Å². The predicted octanol–water partition coefficient (Wildman–Crippen LogP) is 3.53. The van der Waals surface area contributed by atoms with Crippen molar-refractivity contribution >= 4 is 0 Å². The summed E-state index contributed by atoms with van der Waals surface area (Å²) in [6, 6.07) is 0. The van der Waals surface area contributed by atoms with Crippen LogP contribution in [-0.4, -0.2) is 0 Å². The van der Waals surface area contributed by atoms with Crippen molar-refractivity contribution in [2.24, 2.45) is 16.1 Å². The number of rotatable bonds is 4. The van der Waals surface area contributed by atoms with Crippen LogP contribution < -0.4 is 0 Å². The largest absolute Gasteiger partial charge is 0.156 e. The van der Waals surface area contributed by atoms with Crippen molar-refractivity contribution in [3.8, 4) is 0 Å². The number of allylic oxidation sites excluding steroid dienone is 2. The van der Waals surface area contributed by atoms with Crippen LogP contribution in [0.5, 0.6) is 0 Å². The van der Waals surface area contributed by atoms with Crippen LogP contribution in [0.3, 0.4) is 0 Å². The summed E-state index contributed by atoms with van der Waals surface area (Å²) in [6.07, 6.45) is 1.05. The average molecular weight is 152 g/mol. The number of hydrogen-bond acceptors (Lipinski definition) is 2. The molecule has 11 heavy (non-hydrogen) atoms. The second kappa shape index (κ2) is 4.83. The Hall–Kier alpha value is -0.920. The van der Waals surface area contributed by atoms with Gasteiger partial charge in [-0.1, -0.05) is 27.0 Å². The Balaban J connectivity index is 3.96. The average Bonchev–Trinajstić information content (AvgIpc) is 1.98. The normalized spacial score (nSPS) is 13.4. The molecule has 0 rings (SSSR count). The summed E-state index contributed by atoms with van der Waals surface area (Å²) in [5.74, 6) is 0.415. The number of azo groups is 1. The first kappa shape index (κ1) is 10.1. The fourth-order valence-electron chi connectivity index (χ4n) is 0.484. The van der Waals surface area contributed by atoms with E-state index in [4.69, 9.17) is 0 Å². The summed E-state index contributed by atoms with van der Waals surface area (Å²) >= 11 is 0. The maximum Gasteiger partial charge on any atom is 0.0587 e. The molecule has 0 radical (unpaired) electrons. The topological polar surface area (TPSA) is 24.7 Å². The van der Waals surface area contributed by atoms with Crippen molar-refractivity contribution < 1.29 is 0 Å². The van der Waals surface area contributed by atoms with Gasteiger partial charge in [0.1, 0.15) is 0 Å². The molecule has 2 heteroatoms. The van der Waals surface area contributed by atoms with E-state index in [1.165, 1.54) is 0 Å². The van der Waals surface area contributed by atoms with E-state index >= 15 is 0 Å². The zero-order chi connectivity index (χ0) is 8.85. The highest BCUT2D eigenvalue weighted by molar-refractivity contribution is 4.96. The zero-order valence-electron chi connectivity index (χ0n) is 7.59. The summed E-state index contributed by atoms with van der Waals surface area (Å²) in [5.41, 5.74) is 1.55. The summed E-state index contributed by atoms with van der Waals surface area (Å²) in [4.78, 5) is 0. The molecule has 0 saturated heterocycles. The second-order valence-corrected chi connectivity index (χ2v) is 2.74. The summed E-state index contributed by atoms with van der Waals surface area (Å²) < 4.78 is 0. The first-order chi connectivity index (χ1) is 5.07. The Morgan fingerprint density at radius 2 is 1.91 bits per heavy atom. The van der Waals surface area contributed by atoms with Crippen molar-refractivity contribution in [2.75, 3.05) is 0 Å². The lowest BCUT2D eigenvalue weighted by molar-refractivity contribution is 0.641. The van der Waals surface area contributed by atoms with Crippen molar-refractivity contribution in [2.45, 2.75) is 27.2 Å². The number of nitrogens with zero attached hydrogens (tertiary/aromatic N) is 2. The van der Waals surface area contributed by atoms with Gasteiger partial charge in [-0.25, -0.2) is 0 Å². The van der Waals surface area contributed by atoms with Gasteiger partial charge in [0.05, 0.1) is 11.4 Å².